The zero-order valence-electron chi connectivity index (χ0n) is 14.9. The fourth-order valence-electron chi connectivity index (χ4n) is 3.78. The van der Waals surface area contributed by atoms with Gasteiger partial charge in [0, 0.05) is 24.7 Å². The van der Waals surface area contributed by atoms with Gasteiger partial charge < -0.3 is 10.1 Å². The highest BCUT2D eigenvalue weighted by molar-refractivity contribution is 6.15. The molecule has 0 aliphatic heterocycles. The number of benzene rings is 2. The summed E-state index contributed by atoms with van der Waals surface area (Å²) in [4.78, 5) is 17.2. The highest BCUT2D eigenvalue weighted by Gasteiger charge is 2.16. The van der Waals surface area contributed by atoms with E-state index in [1.54, 1.807) is 6.20 Å². The molecule has 3 aromatic rings. The molecule has 1 aliphatic rings. The Kier molecular flexibility index (Phi) is 5.12. The number of amides is 1. The van der Waals surface area contributed by atoms with Gasteiger partial charge in [-0.15, -0.1) is 0 Å². The molecule has 4 nitrogen and oxygen atoms in total. The van der Waals surface area contributed by atoms with Crippen molar-refractivity contribution >= 4 is 27.6 Å². The molecule has 1 N–H and O–H groups in total. The first-order chi connectivity index (χ1) is 12.8. The van der Waals surface area contributed by atoms with E-state index in [1.165, 1.54) is 25.7 Å². The van der Waals surface area contributed by atoms with Gasteiger partial charge in [0.05, 0.1) is 17.2 Å². The number of hydrogen-bond acceptors (Lipinski definition) is 3. The van der Waals surface area contributed by atoms with Crippen molar-refractivity contribution in [3.8, 4) is 0 Å². The predicted octanol–water partition coefficient (Wildman–Crippen LogP) is 4.47. The fraction of sp³-hybridized carbons (Fsp3) is 0.364. The molecular formula is C22H24N2O2. The molecule has 0 spiro atoms. The lowest BCUT2D eigenvalue weighted by atomic mass is 10.0. The zero-order chi connectivity index (χ0) is 17.8. The second kappa shape index (κ2) is 7.83. The van der Waals surface area contributed by atoms with Crippen molar-refractivity contribution in [2.45, 2.75) is 38.2 Å². The molecule has 1 aliphatic carbocycles. The van der Waals surface area contributed by atoms with Gasteiger partial charge in [-0.1, -0.05) is 43.2 Å². The second-order valence-corrected chi connectivity index (χ2v) is 6.93. The number of hydrogen-bond donors (Lipinski definition) is 1. The minimum atomic E-state index is -0.0691. The van der Waals surface area contributed by atoms with E-state index in [0.717, 1.165) is 28.1 Å². The average molecular weight is 348 g/mol. The summed E-state index contributed by atoms with van der Waals surface area (Å²) < 4.78 is 5.85. The van der Waals surface area contributed by atoms with Gasteiger partial charge in [-0.2, -0.15) is 0 Å². The summed E-state index contributed by atoms with van der Waals surface area (Å²) in [7, 11) is 0. The largest absolute Gasteiger partial charge is 0.378 e. The molecule has 134 valence electrons. The standard InChI is InChI=1S/C22H24N2O2/c25-22(24-13-6-14-26-17-8-2-3-9-17)20-15-16-7-1-4-10-18(16)19-11-5-12-23-21(19)20/h1,4-5,7,10-12,15,17H,2-3,6,8-9,13-14H2,(H,24,25). The summed E-state index contributed by atoms with van der Waals surface area (Å²) in [5, 5.41) is 6.22. The molecule has 1 saturated carbocycles. The van der Waals surface area contributed by atoms with E-state index in [4.69, 9.17) is 4.74 Å². The normalized spacial score (nSPS) is 14.9. The predicted molar refractivity (Wildman–Crippen MR) is 104 cm³/mol. The monoisotopic (exact) mass is 348 g/mol. The van der Waals surface area contributed by atoms with Gasteiger partial charge in [-0.05, 0) is 42.2 Å². The van der Waals surface area contributed by atoms with E-state index in [-0.39, 0.29) is 5.91 Å². The third kappa shape index (κ3) is 3.56. The lowest BCUT2D eigenvalue weighted by molar-refractivity contribution is 0.0565. The summed E-state index contributed by atoms with van der Waals surface area (Å²) in [6, 6.07) is 14.0. The Hall–Kier alpha value is -2.46. The van der Waals surface area contributed by atoms with Crippen LogP contribution in [0.5, 0.6) is 0 Å². The Bertz CT molecular complexity index is 916. The lowest BCUT2D eigenvalue weighted by Crippen LogP contribution is -2.26. The van der Waals surface area contributed by atoms with Crippen molar-refractivity contribution < 1.29 is 9.53 Å². The van der Waals surface area contributed by atoms with Crippen LogP contribution in [0.1, 0.15) is 42.5 Å². The number of rotatable bonds is 6. The Morgan fingerprint density at radius 1 is 1.12 bits per heavy atom. The van der Waals surface area contributed by atoms with Crippen LogP contribution in [-0.2, 0) is 4.74 Å². The molecular weight excluding hydrogens is 324 g/mol. The molecule has 4 heteroatoms. The number of carbonyl (C=O) groups is 1. The summed E-state index contributed by atoms with van der Waals surface area (Å²) in [5.41, 5.74) is 1.39. The fourth-order valence-corrected chi connectivity index (χ4v) is 3.78. The van der Waals surface area contributed by atoms with Crippen LogP contribution in [0.25, 0.3) is 21.7 Å². The molecule has 4 rings (SSSR count). The topological polar surface area (TPSA) is 51.2 Å². The van der Waals surface area contributed by atoms with Crippen LogP contribution in [0.2, 0.25) is 0 Å². The van der Waals surface area contributed by atoms with Crippen LogP contribution in [0.15, 0.2) is 48.7 Å². The van der Waals surface area contributed by atoms with Crippen molar-refractivity contribution in [1.29, 1.82) is 0 Å². The third-order valence-corrected chi connectivity index (χ3v) is 5.12. The SMILES string of the molecule is O=C(NCCCOC1CCCC1)c1cc2ccccc2c2cccnc12. The molecule has 0 saturated heterocycles. The van der Waals surface area contributed by atoms with Crippen molar-refractivity contribution in [3.05, 3.63) is 54.2 Å². The van der Waals surface area contributed by atoms with Crippen LogP contribution in [0, 0.1) is 0 Å². The van der Waals surface area contributed by atoms with Crippen LogP contribution in [0.4, 0.5) is 0 Å². The number of nitrogens with zero attached hydrogens (tertiary/aromatic N) is 1. The maximum Gasteiger partial charge on any atom is 0.253 e. The Morgan fingerprint density at radius 2 is 1.92 bits per heavy atom. The highest BCUT2D eigenvalue weighted by Crippen LogP contribution is 2.27. The van der Waals surface area contributed by atoms with E-state index in [9.17, 15) is 4.79 Å². The first-order valence-corrected chi connectivity index (χ1v) is 9.49. The van der Waals surface area contributed by atoms with Gasteiger partial charge in [0.2, 0.25) is 0 Å². The van der Waals surface area contributed by atoms with Crippen molar-refractivity contribution in [3.63, 3.8) is 0 Å². The average Bonchev–Trinajstić information content (AvgIpc) is 3.20. The van der Waals surface area contributed by atoms with E-state index >= 15 is 0 Å². The molecule has 0 unspecified atom stereocenters. The van der Waals surface area contributed by atoms with Crippen LogP contribution in [-0.4, -0.2) is 30.1 Å². The van der Waals surface area contributed by atoms with Crippen molar-refractivity contribution in [2.75, 3.05) is 13.2 Å². The van der Waals surface area contributed by atoms with Crippen LogP contribution >= 0.6 is 0 Å². The van der Waals surface area contributed by atoms with Gasteiger partial charge in [0.25, 0.3) is 5.91 Å². The molecule has 0 bridgehead atoms. The van der Waals surface area contributed by atoms with Gasteiger partial charge in [0.15, 0.2) is 0 Å². The smallest absolute Gasteiger partial charge is 0.253 e. The number of nitrogens with one attached hydrogen (secondary N) is 1. The Labute approximate surface area is 153 Å². The summed E-state index contributed by atoms with van der Waals surface area (Å²) >= 11 is 0. The van der Waals surface area contributed by atoms with E-state index in [2.05, 4.69) is 16.4 Å². The minimum absolute atomic E-state index is 0.0691. The van der Waals surface area contributed by atoms with E-state index in [0.29, 0.717) is 24.8 Å². The number of carbonyl (C=O) groups excluding carboxylic acids is 1. The molecule has 2 aromatic carbocycles. The maximum absolute atomic E-state index is 12.7. The van der Waals surface area contributed by atoms with Gasteiger partial charge >= 0.3 is 0 Å². The number of pyridine rings is 1. The molecule has 0 atom stereocenters. The lowest BCUT2D eigenvalue weighted by Gasteiger charge is -2.12. The van der Waals surface area contributed by atoms with Crippen molar-refractivity contribution in [2.24, 2.45) is 0 Å². The molecule has 1 fully saturated rings. The number of aromatic nitrogens is 1. The molecule has 0 radical (unpaired) electrons. The van der Waals surface area contributed by atoms with Gasteiger partial charge in [-0.3, -0.25) is 9.78 Å². The molecule has 26 heavy (non-hydrogen) atoms. The third-order valence-electron chi connectivity index (χ3n) is 5.12. The molecule has 1 heterocycles. The first kappa shape index (κ1) is 17.0. The van der Waals surface area contributed by atoms with E-state index in [1.807, 2.05) is 36.4 Å². The number of ether oxygens (including phenoxy) is 1. The molecule has 1 aromatic heterocycles. The summed E-state index contributed by atoms with van der Waals surface area (Å²) in [6.07, 6.45) is 7.93. The van der Waals surface area contributed by atoms with E-state index < -0.39 is 0 Å². The maximum atomic E-state index is 12.7. The molecule has 1 amide bonds. The minimum Gasteiger partial charge on any atom is -0.378 e. The summed E-state index contributed by atoms with van der Waals surface area (Å²) in [6.45, 7) is 1.33. The first-order valence-electron chi connectivity index (χ1n) is 9.49. The Morgan fingerprint density at radius 3 is 2.81 bits per heavy atom. The quantitative estimate of drug-likeness (QED) is 0.528. The Balaban J connectivity index is 1.45. The van der Waals surface area contributed by atoms with Gasteiger partial charge in [-0.25, -0.2) is 0 Å². The highest BCUT2D eigenvalue weighted by atomic mass is 16.5. The van der Waals surface area contributed by atoms with Crippen molar-refractivity contribution in [1.82, 2.24) is 10.3 Å². The zero-order valence-corrected chi connectivity index (χ0v) is 14.9. The second-order valence-electron chi connectivity index (χ2n) is 6.93. The van der Waals surface area contributed by atoms with Crippen LogP contribution in [0.3, 0.4) is 0 Å². The number of fused-ring (bicyclic) bond motifs is 3. The summed E-state index contributed by atoms with van der Waals surface area (Å²) in [5.74, 6) is -0.0691. The van der Waals surface area contributed by atoms with Gasteiger partial charge in [0.1, 0.15) is 0 Å². The van der Waals surface area contributed by atoms with Crippen LogP contribution < -0.4 is 5.32 Å².